The number of likely N-dealkylation sites (N-methyl/N-ethyl adjacent to an activating group) is 1. The van der Waals surface area contributed by atoms with Crippen molar-refractivity contribution in [3.05, 3.63) is 34.6 Å². The molecule has 0 radical (unpaired) electrons. The van der Waals surface area contributed by atoms with E-state index in [1.807, 2.05) is 20.2 Å². The number of hydrogen-bond acceptors (Lipinski definition) is 3. The van der Waals surface area contributed by atoms with E-state index in [-0.39, 0.29) is 10.8 Å². The van der Waals surface area contributed by atoms with Gasteiger partial charge in [0.15, 0.2) is 0 Å². The summed E-state index contributed by atoms with van der Waals surface area (Å²) in [4.78, 5) is 2.07. The second kappa shape index (κ2) is 8.43. The van der Waals surface area contributed by atoms with Crippen molar-refractivity contribution >= 4 is 11.6 Å². The third kappa shape index (κ3) is 6.31. The van der Waals surface area contributed by atoms with E-state index >= 15 is 0 Å². The number of halogens is 2. The van der Waals surface area contributed by atoms with Crippen LogP contribution >= 0.6 is 11.6 Å². The average Bonchev–Trinajstić information content (AvgIpc) is 2.32. The SMILES string of the molecule is CN(C)CCOCCNCc1ccc(Cl)c(F)c1. The summed E-state index contributed by atoms with van der Waals surface area (Å²) in [5, 5.41) is 3.35. The van der Waals surface area contributed by atoms with Crippen LogP contribution in [0.1, 0.15) is 5.56 Å². The molecule has 1 rings (SSSR count). The van der Waals surface area contributed by atoms with Crippen LogP contribution in [-0.2, 0) is 11.3 Å². The second-order valence-electron chi connectivity index (χ2n) is 4.34. The number of hydrogen-bond donors (Lipinski definition) is 1. The summed E-state index contributed by atoms with van der Waals surface area (Å²) in [5.74, 6) is -0.377. The second-order valence-corrected chi connectivity index (χ2v) is 4.75. The molecule has 1 aromatic carbocycles. The van der Waals surface area contributed by atoms with E-state index in [0.29, 0.717) is 13.2 Å². The van der Waals surface area contributed by atoms with E-state index in [9.17, 15) is 4.39 Å². The highest BCUT2D eigenvalue weighted by molar-refractivity contribution is 6.30. The Hall–Kier alpha value is -0.680. The fraction of sp³-hybridized carbons (Fsp3) is 0.538. The zero-order valence-corrected chi connectivity index (χ0v) is 11.6. The Bertz CT molecular complexity index is 361. The van der Waals surface area contributed by atoms with Crippen molar-refractivity contribution in [2.75, 3.05) is 40.4 Å². The topological polar surface area (TPSA) is 24.5 Å². The molecule has 1 aromatic rings. The van der Waals surface area contributed by atoms with Crippen LogP contribution in [0.2, 0.25) is 5.02 Å². The van der Waals surface area contributed by atoms with Crippen LogP contribution in [0.5, 0.6) is 0 Å². The van der Waals surface area contributed by atoms with Crippen LogP contribution < -0.4 is 5.32 Å². The zero-order valence-electron chi connectivity index (χ0n) is 10.9. The molecule has 3 nitrogen and oxygen atoms in total. The molecule has 0 bridgehead atoms. The van der Waals surface area contributed by atoms with Crippen molar-refractivity contribution in [1.82, 2.24) is 10.2 Å². The predicted molar refractivity (Wildman–Crippen MR) is 72.5 cm³/mol. The third-order valence-corrected chi connectivity index (χ3v) is 2.73. The fourth-order valence-electron chi connectivity index (χ4n) is 1.38. The minimum absolute atomic E-state index is 0.158. The number of benzene rings is 1. The number of ether oxygens (including phenoxy) is 1. The van der Waals surface area contributed by atoms with Crippen LogP contribution in [0, 0.1) is 5.82 Å². The highest BCUT2D eigenvalue weighted by Gasteiger charge is 2.00. The lowest BCUT2D eigenvalue weighted by molar-refractivity contribution is 0.119. The van der Waals surface area contributed by atoms with Gasteiger partial charge in [-0.05, 0) is 31.8 Å². The zero-order chi connectivity index (χ0) is 13.4. The number of rotatable bonds is 8. The molecular formula is C13H20ClFN2O. The first-order valence-electron chi connectivity index (χ1n) is 5.96. The molecular weight excluding hydrogens is 255 g/mol. The van der Waals surface area contributed by atoms with Crippen molar-refractivity contribution in [3.63, 3.8) is 0 Å². The first kappa shape index (κ1) is 15.4. The summed E-state index contributed by atoms with van der Waals surface area (Å²) in [7, 11) is 4.02. The van der Waals surface area contributed by atoms with Crippen molar-refractivity contribution in [3.8, 4) is 0 Å². The van der Waals surface area contributed by atoms with Gasteiger partial charge in [0.25, 0.3) is 0 Å². The molecule has 5 heteroatoms. The molecule has 102 valence electrons. The molecule has 0 saturated carbocycles. The average molecular weight is 275 g/mol. The standard InChI is InChI=1S/C13H20ClFN2O/c1-17(2)6-8-18-7-5-16-10-11-3-4-12(14)13(15)9-11/h3-4,9,16H,5-8,10H2,1-2H3. The minimum atomic E-state index is -0.377. The molecule has 0 spiro atoms. The first-order valence-corrected chi connectivity index (χ1v) is 6.34. The maximum Gasteiger partial charge on any atom is 0.142 e. The molecule has 0 atom stereocenters. The Balaban J connectivity index is 2.09. The molecule has 0 aliphatic heterocycles. The first-order chi connectivity index (χ1) is 8.59. The molecule has 0 amide bonds. The lowest BCUT2D eigenvalue weighted by Crippen LogP contribution is -2.23. The Morgan fingerprint density at radius 3 is 2.78 bits per heavy atom. The summed E-state index contributed by atoms with van der Waals surface area (Å²) in [5.41, 5.74) is 0.880. The Kier molecular flexibility index (Phi) is 7.20. The smallest absolute Gasteiger partial charge is 0.142 e. The Labute approximate surface area is 113 Å². The third-order valence-electron chi connectivity index (χ3n) is 2.42. The van der Waals surface area contributed by atoms with Gasteiger partial charge in [0.1, 0.15) is 5.82 Å². The van der Waals surface area contributed by atoms with Crippen molar-refractivity contribution in [2.24, 2.45) is 0 Å². The number of nitrogens with one attached hydrogen (secondary N) is 1. The Morgan fingerprint density at radius 2 is 2.11 bits per heavy atom. The van der Waals surface area contributed by atoms with Gasteiger partial charge in [-0.1, -0.05) is 17.7 Å². The lowest BCUT2D eigenvalue weighted by atomic mass is 10.2. The highest BCUT2D eigenvalue weighted by atomic mass is 35.5. The van der Waals surface area contributed by atoms with E-state index in [4.69, 9.17) is 16.3 Å². The van der Waals surface area contributed by atoms with Gasteiger partial charge in [0.2, 0.25) is 0 Å². The van der Waals surface area contributed by atoms with Gasteiger partial charge in [-0.3, -0.25) is 0 Å². The van der Waals surface area contributed by atoms with Gasteiger partial charge in [0, 0.05) is 19.6 Å². The molecule has 0 unspecified atom stereocenters. The summed E-state index contributed by atoms with van der Waals surface area (Å²) in [6.07, 6.45) is 0. The molecule has 0 aliphatic carbocycles. The van der Waals surface area contributed by atoms with Crippen LogP contribution in [0.25, 0.3) is 0 Å². The van der Waals surface area contributed by atoms with Crippen LogP contribution in [0.4, 0.5) is 4.39 Å². The van der Waals surface area contributed by atoms with Crippen molar-refractivity contribution in [1.29, 1.82) is 0 Å². The molecule has 0 aliphatic rings. The van der Waals surface area contributed by atoms with E-state index in [1.54, 1.807) is 6.07 Å². The van der Waals surface area contributed by atoms with Gasteiger partial charge >= 0.3 is 0 Å². The van der Waals surface area contributed by atoms with Gasteiger partial charge < -0.3 is 15.0 Å². The lowest BCUT2D eigenvalue weighted by Gasteiger charge is -2.10. The molecule has 0 saturated heterocycles. The summed E-state index contributed by atoms with van der Waals surface area (Å²) >= 11 is 5.61. The minimum Gasteiger partial charge on any atom is -0.379 e. The Morgan fingerprint density at radius 1 is 1.33 bits per heavy atom. The fourth-order valence-corrected chi connectivity index (χ4v) is 1.49. The van der Waals surface area contributed by atoms with E-state index in [0.717, 1.165) is 25.3 Å². The van der Waals surface area contributed by atoms with Gasteiger partial charge in [0.05, 0.1) is 18.2 Å². The van der Waals surface area contributed by atoms with E-state index in [2.05, 4.69) is 10.2 Å². The largest absolute Gasteiger partial charge is 0.379 e. The maximum absolute atomic E-state index is 13.1. The van der Waals surface area contributed by atoms with Crippen molar-refractivity contribution < 1.29 is 9.13 Å². The van der Waals surface area contributed by atoms with Gasteiger partial charge in [-0.2, -0.15) is 0 Å². The van der Waals surface area contributed by atoms with Gasteiger partial charge in [-0.15, -0.1) is 0 Å². The molecule has 0 fully saturated rings. The highest BCUT2D eigenvalue weighted by Crippen LogP contribution is 2.15. The van der Waals surface area contributed by atoms with Crippen LogP contribution in [-0.4, -0.2) is 45.3 Å². The quantitative estimate of drug-likeness (QED) is 0.735. The molecule has 0 heterocycles. The van der Waals surface area contributed by atoms with E-state index in [1.165, 1.54) is 6.07 Å². The molecule has 0 aromatic heterocycles. The maximum atomic E-state index is 13.1. The summed E-state index contributed by atoms with van der Waals surface area (Å²) in [6.45, 7) is 3.67. The van der Waals surface area contributed by atoms with Crippen LogP contribution in [0.3, 0.4) is 0 Å². The molecule has 1 N–H and O–H groups in total. The van der Waals surface area contributed by atoms with E-state index < -0.39 is 0 Å². The monoisotopic (exact) mass is 274 g/mol. The van der Waals surface area contributed by atoms with Crippen molar-refractivity contribution in [2.45, 2.75) is 6.54 Å². The summed E-state index contributed by atoms with van der Waals surface area (Å²) < 4.78 is 18.6. The summed E-state index contributed by atoms with van der Waals surface area (Å²) in [6, 6.07) is 4.83. The van der Waals surface area contributed by atoms with Crippen LogP contribution in [0.15, 0.2) is 18.2 Å². The predicted octanol–water partition coefficient (Wildman–Crippen LogP) is 2.15. The molecule has 18 heavy (non-hydrogen) atoms. The van der Waals surface area contributed by atoms with Gasteiger partial charge in [-0.25, -0.2) is 4.39 Å². The normalized spacial score (nSPS) is 11.2. The number of nitrogens with zero attached hydrogens (tertiary/aromatic N) is 1.